The van der Waals surface area contributed by atoms with Gasteiger partial charge in [-0.25, -0.2) is 4.79 Å². The summed E-state index contributed by atoms with van der Waals surface area (Å²) in [5.41, 5.74) is -0.904. The third kappa shape index (κ3) is 4.36. The molecule has 1 aromatic carbocycles. The molecule has 9 heteroatoms. The number of carbonyl (C=O) groups excluding carboxylic acids is 1. The molecule has 1 N–H and O–H groups in total. The lowest BCUT2D eigenvalue weighted by atomic mass is 10.1. The summed E-state index contributed by atoms with van der Waals surface area (Å²) < 4.78 is 46.2. The van der Waals surface area contributed by atoms with Crippen LogP contribution in [0, 0.1) is 0 Å². The van der Waals surface area contributed by atoms with Crippen molar-refractivity contribution in [3.8, 4) is 0 Å². The summed E-state index contributed by atoms with van der Waals surface area (Å²) in [4.78, 5) is 12.1. The quantitative estimate of drug-likeness (QED) is 0.667. The van der Waals surface area contributed by atoms with E-state index in [4.69, 9.17) is 4.74 Å². The number of rotatable bonds is 5. The first-order chi connectivity index (χ1) is 10.8. The largest absolute Gasteiger partial charge is 0.457 e. The van der Waals surface area contributed by atoms with E-state index in [0.717, 1.165) is 23.7 Å². The molecule has 1 aromatic heterocycles. The summed E-state index contributed by atoms with van der Waals surface area (Å²) in [7, 11) is 0. The van der Waals surface area contributed by atoms with Gasteiger partial charge in [0.25, 0.3) is 0 Å². The number of aliphatic hydroxyl groups is 1. The van der Waals surface area contributed by atoms with Crippen LogP contribution in [-0.4, -0.2) is 20.7 Å². The van der Waals surface area contributed by atoms with Crippen LogP contribution >= 0.6 is 11.5 Å². The van der Waals surface area contributed by atoms with Gasteiger partial charge in [0.1, 0.15) is 12.7 Å². The number of hydrogen-bond donors (Lipinski definition) is 1. The maximum atomic E-state index is 12.6. The molecule has 1 unspecified atom stereocenters. The minimum atomic E-state index is -4.47. The van der Waals surface area contributed by atoms with Crippen molar-refractivity contribution in [1.82, 2.24) is 9.59 Å². The Kier molecular flexibility index (Phi) is 5.12. The zero-order valence-corrected chi connectivity index (χ0v) is 12.4. The second-order valence-electron chi connectivity index (χ2n) is 4.52. The van der Waals surface area contributed by atoms with Crippen molar-refractivity contribution < 1.29 is 27.8 Å². The molecule has 0 fully saturated rings. The number of esters is 1. The second kappa shape index (κ2) is 6.88. The molecule has 0 aliphatic heterocycles. The Morgan fingerprint density at radius 2 is 2.17 bits per heavy atom. The molecule has 23 heavy (non-hydrogen) atoms. The highest BCUT2D eigenvalue weighted by atomic mass is 32.1. The summed E-state index contributed by atoms with van der Waals surface area (Å²) in [5, 5.41) is 13.4. The van der Waals surface area contributed by atoms with Gasteiger partial charge in [0.15, 0.2) is 0 Å². The predicted molar refractivity (Wildman–Crippen MR) is 75.2 cm³/mol. The van der Waals surface area contributed by atoms with Crippen LogP contribution in [0.15, 0.2) is 42.6 Å². The molecule has 0 saturated carbocycles. The molecule has 0 aliphatic carbocycles. The van der Waals surface area contributed by atoms with Crippen LogP contribution in [0.4, 0.5) is 13.2 Å². The van der Waals surface area contributed by atoms with E-state index in [-0.39, 0.29) is 17.7 Å². The molecule has 0 radical (unpaired) electrons. The van der Waals surface area contributed by atoms with E-state index in [1.807, 2.05) is 0 Å². The average Bonchev–Trinajstić information content (AvgIpc) is 3.05. The predicted octanol–water partition coefficient (Wildman–Crippen LogP) is 2.89. The van der Waals surface area contributed by atoms with Gasteiger partial charge in [0, 0.05) is 0 Å². The summed E-state index contributed by atoms with van der Waals surface area (Å²) in [6.07, 6.45) is -4.51. The molecule has 0 bridgehead atoms. The van der Waals surface area contributed by atoms with Crippen LogP contribution in [0.25, 0.3) is 0 Å². The number of alkyl halides is 3. The van der Waals surface area contributed by atoms with Gasteiger partial charge in [-0.3, -0.25) is 0 Å². The first kappa shape index (κ1) is 17.1. The van der Waals surface area contributed by atoms with E-state index >= 15 is 0 Å². The summed E-state index contributed by atoms with van der Waals surface area (Å²) in [5.74, 6) is -0.914. The van der Waals surface area contributed by atoms with Crippen molar-refractivity contribution in [3.63, 3.8) is 0 Å². The van der Waals surface area contributed by atoms with Gasteiger partial charge in [0.2, 0.25) is 0 Å². The van der Waals surface area contributed by atoms with Gasteiger partial charge in [-0.1, -0.05) is 23.2 Å². The monoisotopic (exact) mass is 344 g/mol. The minimum Gasteiger partial charge on any atom is -0.457 e. The molecule has 0 amide bonds. The number of ether oxygens (including phenoxy) is 1. The average molecular weight is 344 g/mol. The highest BCUT2D eigenvalue weighted by molar-refractivity contribution is 7.05. The molecule has 122 valence electrons. The molecular weight excluding hydrogens is 333 g/mol. The summed E-state index contributed by atoms with van der Waals surface area (Å²) >= 11 is 0.891. The first-order valence-electron chi connectivity index (χ1n) is 6.26. The Morgan fingerprint density at radius 3 is 2.78 bits per heavy atom. The number of aliphatic hydroxyl groups excluding tert-OH is 1. The van der Waals surface area contributed by atoms with Crippen molar-refractivity contribution in [2.24, 2.45) is 0 Å². The normalized spacial score (nSPS) is 12.7. The minimum absolute atomic E-state index is 0.176. The van der Waals surface area contributed by atoms with Gasteiger partial charge < -0.3 is 9.84 Å². The number of hydrogen-bond acceptors (Lipinski definition) is 6. The molecule has 0 spiro atoms. The van der Waals surface area contributed by atoms with E-state index in [0.29, 0.717) is 4.88 Å². The van der Waals surface area contributed by atoms with E-state index in [9.17, 15) is 23.1 Å². The van der Waals surface area contributed by atoms with Crippen LogP contribution in [0.2, 0.25) is 0 Å². The Labute approximate surface area is 133 Å². The maximum absolute atomic E-state index is 12.6. The fraction of sp³-hybridized carbons (Fsp3) is 0.214. The topological polar surface area (TPSA) is 72.3 Å². The third-order valence-corrected chi connectivity index (χ3v) is 3.58. The van der Waals surface area contributed by atoms with Gasteiger partial charge in [-0.05, 0) is 29.2 Å². The number of halogens is 3. The summed E-state index contributed by atoms with van der Waals surface area (Å²) in [6.45, 7) is 3.06. The zero-order chi connectivity index (χ0) is 17.0. The number of carbonyl (C=O) groups is 1. The van der Waals surface area contributed by atoms with Crippen LogP contribution < -0.4 is 0 Å². The maximum Gasteiger partial charge on any atom is 0.416 e. The lowest BCUT2D eigenvalue weighted by molar-refractivity contribution is -0.141. The van der Waals surface area contributed by atoms with Gasteiger partial charge in [0.05, 0.1) is 22.2 Å². The zero-order valence-electron chi connectivity index (χ0n) is 11.6. The summed E-state index contributed by atoms with van der Waals surface area (Å²) in [6, 6.07) is 4.43. The standard InChI is InChI=1S/C14H11F3N2O3S/c1-8(12(20)11-6-18-19-23-11)13(21)22-7-9-3-2-4-10(5-9)14(15,16)17/h2-6,12,20H,1,7H2. The highest BCUT2D eigenvalue weighted by Crippen LogP contribution is 2.30. The van der Waals surface area contributed by atoms with Crippen LogP contribution in [-0.2, 0) is 22.3 Å². The Hall–Kier alpha value is -2.26. The Balaban J connectivity index is 1.98. The molecule has 2 aromatic rings. The van der Waals surface area contributed by atoms with Crippen molar-refractivity contribution in [2.45, 2.75) is 18.9 Å². The number of benzene rings is 1. The van der Waals surface area contributed by atoms with Crippen molar-refractivity contribution in [3.05, 3.63) is 58.6 Å². The van der Waals surface area contributed by atoms with E-state index in [1.54, 1.807) is 0 Å². The molecular formula is C14H11F3N2O3S. The highest BCUT2D eigenvalue weighted by Gasteiger charge is 2.30. The Morgan fingerprint density at radius 1 is 1.43 bits per heavy atom. The van der Waals surface area contributed by atoms with Crippen LogP contribution in [0.3, 0.4) is 0 Å². The van der Waals surface area contributed by atoms with E-state index in [1.165, 1.54) is 18.3 Å². The third-order valence-electron chi connectivity index (χ3n) is 2.86. The number of aromatic nitrogens is 2. The molecule has 0 aliphatic rings. The van der Waals surface area contributed by atoms with Gasteiger partial charge in [-0.15, -0.1) is 5.10 Å². The lowest BCUT2D eigenvalue weighted by Crippen LogP contribution is -2.13. The number of nitrogens with zero attached hydrogens (tertiary/aromatic N) is 2. The van der Waals surface area contributed by atoms with Crippen molar-refractivity contribution in [2.75, 3.05) is 0 Å². The van der Waals surface area contributed by atoms with Crippen molar-refractivity contribution >= 4 is 17.5 Å². The van der Waals surface area contributed by atoms with E-state index < -0.39 is 23.8 Å². The van der Waals surface area contributed by atoms with Crippen molar-refractivity contribution in [1.29, 1.82) is 0 Å². The molecule has 1 atom stereocenters. The molecule has 2 rings (SSSR count). The fourth-order valence-corrected chi connectivity index (χ4v) is 2.18. The molecule has 1 heterocycles. The van der Waals surface area contributed by atoms with E-state index in [2.05, 4.69) is 16.2 Å². The van der Waals surface area contributed by atoms with Gasteiger partial charge in [-0.2, -0.15) is 13.2 Å². The van der Waals surface area contributed by atoms with Gasteiger partial charge >= 0.3 is 12.1 Å². The Bertz CT molecular complexity index is 702. The van der Waals surface area contributed by atoms with Crippen LogP contribution in [0.1, 0.15) is 22.1 Å². The molecule has 0 saturated heterocycles. The second-order valence-corrected chi connectivity index (χ2v) is 5.34. The van der Waals surface area contributed by atoms with Crippen LogP contribution in [0.5, 0.6) is 0 Å². The SMILES string of the molecule is C=C(C(=O)OCc1cccc(C(F)(F)F)c1)C(O)c1cnns1. The smallest absolute Gasteiger partial charge is 0.416 e. The lowest BCUT2D eigenvalue weighted by Gasteiger charge is -2.12. The molecule has 5 nitrogen and oxygen atoms in total. The first-order valence-corrected chi connectivity index (χ1v) is 7.03. The fourth-order valence-electron chi connectivity index (χ4n) is 1.66.